The van der Waals surface area contributed by atoms with Gasteiger partial charge in [-0.25, -0.2) is 35.5 Å². The number of likely N-dealkylation sites (tertiary alicyclic amines) is 2. The van der Waals surface area contributed by atoms with Crippen LogP contribution in [0, 0.1) is 0 Å². The van der Waals surface area contributed by atoms with Gasteiger partial charge in [0.2, 0.25) is 5.95 Å². The Hall–Kier alpha value is -14.8. The predicted octanol–water partition coefficient (Wildman–Crippen LogP) is 16.2. The molecule has 10 aromatic carbocycles. The largest absolute Gasteiger partial charge is 0.456 e. The zero-order chi connectivity index (χ0) is 94.3. The molecule has 5 N–H and O–H groups in total. The fraction of sp³-hybridized carbons (Fsp3) is 0.306. The van der Waals surface area contributed by atoms with Gasteiger partial charge in [-0.1, -0.05) is 80.4 Å². The van der Waals surface area contributed by atoms with E-state index in [4.69, 9.17) is 23.7 Å². The van der Waals surface area contributed by atoms with Gasteiger partial charge in [-0.15, -0.1) is 0 Å². The lowest BCUT2D eigenvalue weighted by molar-refractivity contribution is -0.122. The number of piperazine rings is 3. The summed E-state index contributed by atoms with van der Waals surface area (Å²) in [6, 6.07) is 61.2. The van der Waals surface area contributed by atoms with Crippen molar-refractivity contribution >= 4 is 65.6 Å². The summed E-state index contributed by atoms with van der Waals surface area (Å²) < 4.78 is 30.3. The minimum atomic E-state index is -0.222. The average Bonchev–Trinajstić information content (AvgIpc) is 0.761. The second-order valence-electron chi connectivity index (χ2n) is 37.4. The SMILES string of the molecule is CC(C)N1CCN(Cc2ccc3c(c2)-c2n[nH]c(=O)c4cccc(c24)O3)CC1.CCCCN1CCN(Cc2ccc3c(c2)-c2n[nH]c(=O)c4cccc(c24)O3)CC1.O=C1CCCN(Cc2ccc3c(c2)-c2n[nH]c(=O)c4cccc(c24)O3)C1.O=c1[nH]nc2c3c(cccc13)Oc1ccc(CN3CCCCC3)cc1-2.O=c1[nH]nc2c3c(cccc13)Oc1ccc(CN3CCN(c4ncccn4)CC3)cc1-2. The Bertz CT molecular complexity index is 7750. The van der Waals surface area contributed by atoms with Crippen LogP contribution in [-0.2, 0) is 37.5 Å². The first kappa shape index (κ1) is 89.4. The van der Waals surface area contributed by atoms with Crippen molar-refractivity contribution in [2.24, 2.45) is 0 Å². The van der Waals surface area contributed by atoms with Crippen LogP contribution in [-0.4, -0.2) is 218 Å². The Morgan fingerprint density at radius 3 is 0.921 bits per heavy atom. The molecule has 16 aromatic rings. The Balaban J connectivity index is 0.000000100. The number of anilines is 1. The number of hydrogen-bond acceptors (Lipinski definition) is 26. The minimum Gasteiger partial charge on any atom is -0.456 e. The van der Waals surface area contributed by atoms with E-state index in [1.54, 1.807) is 24.5 Å². The van der Waals surface area contributed by atoms with E-state index < -0.39 is 0 Å². The first-order valence-electron chi connectivity index (χ1n) is 48.3. The fourth-order valence-electron chi connectivity index (χ4n) is 20.7. The number of fused-ring (bicyclic) bond motifs is 10. The molecule has 0 bridgehead atoms. The summed E-state index contributed by atoms with van der Waals surface area (Å²) in [5.74, 6) is 8.35. The van der Waals surface area contributed by atoms with Gasteiger partial charge in [0.25, 0.3) is 27.8 Å². The second-order valence-corrected chi connectivity index (χ2v) is 37.4. The zero-order valence-electron chi connectivity index (χ0n) is 77.8. The monoisotopic (exact) mass is 1860 g/mol. The van der Waals surface area contributed by atoms with Gasteiger partial charge in [0.15, 0.2) is 0 Å². The predicted molar refractivity (Wildman–Crippen MR) is 536 cm³/mol. The summed E-state index contributed by atoms with van der Waals surface area (Å²) in [6.07, 6.45) is 11.6. The van der Waals surface area contributed by atoms with E-state index >= 15 is 0 Å². The molecule has 0 spiro atoms. The molecule has 0 atom stereocenters. The van der Waals surface area contributed by atoms with Gasteiger partial charge in [0.1, 0.15) is 91.7 Å². The van der Waals surface area contributed by atoms with Gasteiger partial charge in [0, 0.05) is 164 Å². The molecule has 0 saturated carbocycles. The van der Waals surface area contributed by atoms with Crippen molar-refractivity contribution in [1.82, 2.24) is 95.3 Å². The van der Waals surface area contributed by atoms with Crippen molar-refractivity contribution < 1.29 is 28.5 Å². The normalized spacial score (nSPS) is 16.4. The topological polar surface area (TPSA) is 344 Å². The first-order valence-corrected chi connectivity index (χ1v) is 48.3. The summed E-state index contributed by atoms with van der Waals surface area (Å²) in [5, 5.41) is 41.8. The molecule has 5 saturated heterocycles. The Labute approximate surface area is 799 Å². The van der Waals surface area contributed by atoms with Crippen LogP contribution < -0.4 is 56.4 Å². The number of carbonyl (C=O) groups excluding carboxylic acids is 1. The molecule has 16 heterocycles. The number of Topliss-reactive ketones (excluding diaryl/α,β-unsaturated/α-hetero) is 1. The highest BCUT2D eigenvalue weighted by Gasteiger charge is 2.33. The maximum Gasteiger partial charge on any atom is 0.272 e. The molecule has 139 heavy (non-hydrogen) atoms. The molecule has 0 aliphatic carbocycles. The van der Waals surface area contributed by atoms with Crippen molar-refractivity contribution in [1.29, 1.82) is 0 Å². The summed E-state index contributed by atoms with van der Waals surface area (Å²) in [5.41, 5.74) is 13.5. The average molecular weight is 1860 g/mol. The molecule has 6 aromatic heterocycles. The zero-order valence-corrected chi connectivity index (χ0v) is 77.8. The molecule has 704 valence electrons. The molecule has 0 radical (unpaired) electrons. The van der Waals surface area contributed by atoms with E-state index in [-0.39, 0.29) is 27.8 Å². The van der Waals surface area contributed by atoms with Gasteiger partial charge >= 0.3 is 0 Å². The van der Waals surface area contributed by atoms with Crippen LogP contribution in [0.4, 0.5) is 5.95 Å². The van der Waals surface area contributed by atoms with Crippen LogP contribution in [0.25, 0.3) is 110 Å². The first-order chi connectivity index (χ1) is 68.1. The second kappa shape index (κ2) is 39.0. The Morgan fingerprint density at radius 1 is 0.309 bits per heavy atom. The minimum absolute atomic E-state index is 0.183. The van der Waals surface area contributed by atoms with Crippen molar-refractivity contribution in [2.75, 3.05) is 116 Å². The lowest BCUT2D eigenvalue weighted by Crippen LogP contribution is -2.48. The third kappa shape index (κ3) is 18.4. The Kier molecular flexibility index (Phi) is 25.1. The van der Waals surface area contributed by atoms with Crippen LogP contribution in [0.3, 0.4) is 0 Å². The molecule has 10 aliphatic heterocycles. The molecular formula is C108H106N20O11. The number of H-pyrrole nitrogens is 5. The van der Waals surface area contributed by atoms with E-state index in [0.29, 0.717) is 87.0 Å². The van der Waals surface area contributed by atoms with E-state index in [9.17, 15) is 28.8 Å². The number of aromatic amines is 5. The molecule has 31 nitrogen and oxygen atoms in total. The molecule has 0 unspecified atom stereocenters. The number of rotatable bonds is 15. The van der Waals surface area contributed by atoms with E-state index in [2.05, 4.69) is 169 Å². The molecule has 5 fully saturated rings. The number of aromatic nitrogens is 12. The van der Waals surface area contributed by atoms with E-state index in [0.717, 1.165) is 254 Å². The van der Waals surface area contributed by atoms with Crippen molar-refractivity contribution in [3.63, 3.8) is 0 Å². The van der Waals surface area contributed by atoms with Crippen LogP contribution in [0.1, 0.15) is 93.5 Å². The number of nitrogens with zero attached hydrogens (tertiary/aromatic N) is 15. The van der Waals surface area contributed by atoms with Gasteiger partial charge < -0.3 is 33.5 Å². The molecule has 26 rings (SSSR count). The quantitative estimate of drug-likeness (QED) is 0.0636. The number of ether oxygens (including phenoxy) is 5. The van der Waals surface area contributed by atoms with Crippen molar-refractivity contribution in [3.8, 4) is 114 Å². The van der Waals surface area contributed by atoms with Gasteiger partial charge in [-0.2, -0.15) is 25.5 Å². The van der Waals surface area contributed by atoms with E-state index in [1.165, 1.54) is 60.9 Å². The fourth-order valence-corrected chi connectivity index (χ4v) is 20.7. The molecule has 0 amide bonds. The molecule has 31 heteroatoms. The highest BCUT2D eigenvalue weighted by Crippen LogP contribution is 2.51. The third-order valence-corrected chi connectivity index (χ3v) is 27.9. The number of piperidine rings is 2. The maximum absolute atomic E-state index is 12.2. The smallest absolute Gasteiger partial charge is 0.272 e. The van der Waals surface area contributed by atoms with Crippen molar-refractivity contribution in [3.05, 3.63) is 280 Å². The van der Waals surface area contributed by atoms with Crippen LogP contribution in [0.5, 0.6) is 57.5 Å². The molecule has 10 aliphatic rings. The van der Waals surface area contributed by atoms with Gasteiger partial charge in [0.05, 0.1) is 60.4 Å². The number of ketones is 1. The van der Waals surface area contributed by atoms with Gasteiger partial charge in [-0.05, 0) is 221 Å². The lowest BCUT2D eigenvalue weighted by Gasteiger charge is -2.37. The summed E-state index contributed by atoms with van der Waals surface area (Å²) >= 11 is 0. The third-order valence-electron chi connectivity index (χ3n) is 27.9. The highest BCUT2D eigenvalue weighted by atomic mass is 16.5. The standard InChI is InChI=1S/C23H20N6O2.C23H26N4O2.C22H24N4O2.C20H17N3O3.C20H19N3O2/c30-22-16-3-1-4-19-20(16)21(26-27-22)17-13-15(5-6-18(17)31-19)14-28-9-11-29(12-10-28)23-24-7-2-8-25-23;1-2-3-9-26-10-12-27(13-11-26)15-16-7-8-19-18(14-16)22-21-17(23(28)25-24-22)5-4-6-20(21)29-19;1-14(2)26-10-8-25(9-11-26)13-15-6-7-18-17(12-15)21-20-16(22(27)24-23-21)4-3-5-19(20)28-18;24-13-3-2-8-23(11-13)10-12-6-7-16-15(9-12)19-18-14(20(25)22-21-19)4-1-5-17(18)26-16;24-20-14-5-4-6-17-18(14)19(21-22-20)15-11-13(7-8-16(15)25-17)12-23-9-2-1-3-10-23/h1-8,13H,9-12,14H2,(H,27,30);4-8,14H,2-3,9-13,15H2,1H3,(H,25,28);3-7,12,14H,8-11,13H2,1-2H3,(H,24,27);1,4-7,9H,2-3,8,10-11H2,(H,22,25);4-8,11H,1-3,9-10,12H2,(H,22,24). The molecular weight excluding hydrogens is 1750 g/mol. The summed E-state index contributed by atoms with van der Waals surface area (Å²) in [7, 11) is 0. The van der Waals surface area contributed by atoms with Gasteiger partial charge in [-0.3, -0.25) is 58.2 Å². The highest BCUT2D eigenvalue weighted by molar-refractivity contribution is 6.06. The van der Waals surface area contributed by atoms with E-state index in [1.807, 2.05) is 127 Å². The number of hydrogen-bond donors (Lipinski definition) is 5. The number of unbranched alkanes of at least 4 members (excludes halogenated alkanes) is 1. The number of benzene rings is 10. The maximum atomic E-state index is 12.2. The number of nitrogens with one attached hydrogen (secondary N) is 5. The Morgan fingerprint density at radius 2 is 0.604 bits per heavy atom. The summed E-state index contributed by atoms with van der Waals surface area (Å²) in [4.78, 5) is 100. The van der Waals surface area contributed by atoms with Crippen molar-refractivity contribution in [2.45, 2.75) is 104 Å². The van der Waals surface area contributed by atoms with Crippen LogP contribution in [0.2, 0.25) is 0 Å². The lowest BCUT2D eigenvalue weighted by atomic mass is 9.98. The van der Waals surface area contributed by atoms with Crippen LogP contribution >= 0.6 is 0 Å². The summed E-state index contributed by atoms with van der Waals surface area (Å²) in [6.45, 7) is 28.6. The number of carbonyl (C=O) groups is 1. The van der Waals surface area contributed by atoms with Crippen LogP contribution in [0.15, 0.2) is 224 Å².